The van der Waals surface area contributed by atoms with Gasteiger partial charge in [0.15, 0.2) is 0 Å². The highest BCUT2D eigenvalue weighted by atomic mass is 16.1. The normalized spacial score (nSPS) is 11.9. The lowest BCUT2D eigenvalue weighted by molar-refractivity contribution is -0.113. The molecule has 0 heterocycles. The van der Waals surface area contributed by atoms with Crippen LogP contribution in [0, 0.1) is 0 Å². The number of amidine groups is 1. The SMILES string of the molecule is CCCCC(=O)C(N=NN)=Nc1ccccc1. The molecule has 0 aliphatic rings. The Hall–Kier alpha value is -2.04. The fourth-order valence-electron chi connectivity index (χ4n) is 1.27. The largest absolute Gasteiger partial charge is 0.305 e. The zero-order valence-corrected chi connectivity index (χ0v) is 9.84. The van der Waals surface area contributed by atoms with Crippen molar-refractivity contribution in [2.45, 2.75) is 26.2 Å². The highest BCUT2D eigenvalue weighted by molar-refractivity contribution is 6.39. The molecular formula is C12H16N4O. The van der Waals surface area contributed by atoms with E-state index in [1.807, 2.05) is 25.1 Å². The molecule has 0 aromatic heterocycles. The van der Waals surface area contributed by atoms with Gasteiger partial charge < -0.3 is 5.84 Å². The van der Waals surface area contributed by atoms with Gasteiger partial charge in [0, 0.05) is 6.42 Å². The van der Waals surface area contributed by atoms with Gasteiger partial charge in [0.1, 0.15) is 0 Å². The minimum absolute atomic E-state index is 0.0622. The van der Waals surface area contributed by atoms with Crippen LogP contribution in [-0.2, 0) is 4.79 Å². The quantitative estimate of drug-likeness (QED) is 0.278. The number of unbranched alkanes of at least 4 members (excludes halogenated alkanes) is 1. The van der Waals surface area contributed by atoms with Gasteiger partial charge in [0.25, 0.3) is 0 Å². The second-order valence-electron chi connectivity index (χ2n) is 3.51. The topological polar surface area (TPSA) is 80.2 Å². The average Bonchev–Trinajstić information content (AvgIpc) is 2.36. The third-order valence-corrected chi connectivity index (χ3v) is 2.15. The molecule has 0 saturated heterocycles. The second-order valence-corrected chi connectivity index (χ2v) is 3.51. The Labute approximate surface area is 100 Å². The van der Waals surface area contributed by atoms with Gasteiger partial charge >= 0.3 is 0 Å². The molecule has 0 atom stereocenters. The molecule has 0 aliphatic carbocycles. The number of carbonyl (C=O) groups is 1. The average molecular weight is 232 g/mol. The Morgan fingerprint density at radius 1 is 1.29 bits per heavy atom. The van der Waals surface area contributed by atoms with Crippen LogP contribution < -0.4 is 5.84 Å². The predicted octanol–water partition coefficient (Wildman–Crippen LogP) is 2.80. The fourth-order valence-corrected chi connectivity index (χ4v) is 1.27. The van der Waals surface area contributed by atoms with E-state index in [0.29, 0.717) is 12.1 Å². The van der Waals surface area contributed by atoms with E-state index in [9.17, 15) is 4.79 Å². The Kier molecular flexibility index (Phi) is 5.57. The number of hydrogen-bond acceptors (Lipinski definition) is 3. The highest BCUT2D eigenvalue weighted by Crippen LogP contribution is 2.11. The molecule has 0 fully saturated rings. The molecule has 0 saturated carbocycles. The minimum atomic E-state index is -0.134. The van der Waals surface area contributed by atoms with Gasteiger partial charge in [-0.25, -0.2) is 4.99 Å². The number of Topliss-reactive ketones (excluding diaryl/α,β-unsaturated/α-hetero) is 1. The monoisotopic (exact) mass is 232 g/mol. The lowest BCUT2D eigenvalue weighted by Gasteiger charge is -1.98. The number of rotatable bonds is 5. The van der Waals surface area contributed by atoms with Crippen molar-refractivity contribution in [1.82, 2.24) is 0 Å². The molecule has 17 heavy (non-hydrogen) atoms. The van der Waals surface area contributed by atoms with Crippen molar-refractivity contribution in [1.29, 1.82) is 0 Å². The summed E-state index contributed by atoms with van der Waals surface area (Å²) in [5.74, 6) is 4.90. The van der Waals surface area contributed by atoms with Crippen molar-refractivity contribution < 1.29 is 4.79 Å². The highest BCUT2D eigenvalue weighted by Gasteiger charge is 2.10. The lowest BCUT2D eigenvalue weighted by atomic mass is 10.2. The third kappa shape index (κ3) is 4.55. The smallest absolute Gasteiger partial charge is 0.220 e. The summed E-state index contributed by atoms with van der Waals surface area (Å²) in [7, 11) is 0. The number of nitrogens with two attached hydrogens (primary N) is 1. The number of para-hydroxylation sites is 1. The van der Waals surface area contributed by atoms with Gasteiger partial charge in [-0.15, -0.1) is 5.11 Å². The number of hydrogen-bond donors (Lipinski definition) is 1. The van der Waals surface area contributed by atoms with Gasteiger partial charge in [0.2, 0.25) is 11.6 Å². The summed E-state index contributed by atoms with van der Waals surface area (Å²) in [4.78, 5) is 15.9. The second kappa shape index (κ2) is 7.27. The Morgan fingerprint density at radius 3 is 2.59 bits per heavy atom. The maximum atomic E-state index is 11.8. The van der Waals surface area contributed by atoms with E-state index in [4.69, 9.17) is 5.84 Å². The van der Waals surface area contributed by atoms with E-state index in [2.05, 4.69) is 15.3 Å². The first-order valence-corrected chi connectivity index (χ1v) is 5.55. The molecule has 1 aromatic rings. The lowest BCUT2D eigenvalue weighted by Crippen LogP contribution is -2.11. The first kappa shape index (κ1) is 13.0. The molecule has 5 heteroatoms. The number of benzene rings is 1. The van der Waals surface area contributed by atoms with Crippen molar-refractivity contribution in [2.24, 2.45) is 21.2 Å². The molecule has 5 nitrogen and oxygen atoms in total. The summed E-state index contributed by atoms with van der Waals surface area (Å²) < 4.78 is 0. The van der Waals surface area contributed by atoms with Crippen LogP contribution in [0.2, 0.25) is 0 Å². The van der Waals surface area contributed by atoms with E-state index in [0.717, 1.165) is 12.8 Å². The number of ketones is 1. The molecule has 2 N–H and O–H groups in total. The third-order valence-electron chi connectivity index (χ3n) is 2.15. The predicted molar refractivity (Wildman–Crippen MR) is 67.1 cm³/mol. The van der Waals surface area contributed by atoms with Gasteiger partial charge in [-0.1, -0.05) is 36.8 Å². The van der Waals surface area contributed by atoms with E-state index >= 15 is 0 Å². The van der Waals surface area contributed by atoms with Crippen LogP contribution in [0.3, 0.4) is 0 Å². The Morgan fingerprint density at radius 2 is 2.00 bits per heavy atom. The van der Waals surface area contributed by atoms with Crippen LogP contribution in [0.4, 0.5) is 5.69 Å². The molecule has 1 rings (SSSR count). The molecule has 0 amide bonds. The van der Waals surface area contributed by atoms with Crippen LogP contribution in [0.15, 0.2) is 45.7 Å². The van der Waals surface area contributed by atoms with E-state index in [1.54, 1.807) is 12.1 Å². The van der Waals surface area contributed by atoms with E-state index in [-0.39, 0.29) is 11.6 Å². The summed E-state index contributed by atoms with van der Waals surface area (Å²) in [5.41, 5.74) is 0.666. The molecular weight excluding hydrogens is 216 g/mol. The summed E-state index contributed by atoms with van der Waals surface area (Å²) in [6.45, 7) is 2.02. The van der Waals surface area contributed by atoms with E-state index in [1.165, 1.54) is 0 Å². The summed E-state index contributed by atoms with van der Waals surface area (Å²) in [5, 5.41) is 6.71. The first-order chi connectivity index (χ1) is 8.27. The Bertz CT molecular complexity index is 412. The molecule has 0 aliphatic heterocycles. The fraction of sp³-hybridized carbons (Fsp3) is 0.333. The van der Waals surface area contributed by atoms with Crippen LogP contribution in [0.25, 0.3) is 0 Å². The van der Waals surface area contributed by atoms with E-state index < -0.39 is 0 Å². The minimum Gasteiger partial charge on any atom is -0.305 e. The zero-order valence-electron chi connectivity index (χ0n) is 9.84. The van der Waals surface area contributed by atoms with Crippen molar-refractivity contribution in [3.8, 4) is 0 Å². The molecule has 0 unspecified atom stereocenters. The van der Waals surface area contributed by atoms with Crippen molar-refractivity contribution in [3.63, 3.8) is 0 Å². The van der Waals surface area contributed by atoms with Gasteiger partial charge in [-0.2, -0.15) is 0 Å². The number of carbonyl (C=O) groups excluding carboxylic acids is 1. The molecule has 0 radical (unpaired) electrons. The number of aliphatic imine (C=N–C) groups is 1. The van der Waals surface area contributed by atoms with Gasteiger partial charge in [0.05, 0.1) is 5.69 Å². The van der Waals surface area contributed by atoms with Crippen LogP contribution >= 0.6 is 0 Å². The summed E-state index contributed by atoms with van der Waals surface area (Å²) >= 11 is 0. The summed E-state index contributed by atoms with van der Waals surface area (Å²) in [6.07, 6.45) is 2.18. The molecule has 90 valence electrons. The zero-order chi connectivity index (χ0) is 12.5. The standard InChI is InChI=1S/C12H16N4O/c1-2-3-9-11(17)12(15-16-13)14-10-7-5-4-6-8-10/h4-8H,2-3,9H2,1H3,(H2,13,14,15). The molecule has 0 spiro atoms. The molecule has 0 bridgehead atoms. The van der Waals surface area contributed by atoms with Crippen LogP contribution in [0.5, 0.6) is 0 Å². The maximum Gasteiger partial charge on any atom is 0.220 e. The van der Waals surface area contributed by atoms with Crippen molar-refractivity contribution in [3.05, 3.63) is 30.3 Å². The first-order valence-electron chi connectivity index (χ1n) is 5.55. The Balaban J connectivity index is 2.85. The summed E-state index contributed by atoms with van der Waals surface area (Å²) in [6, 6.07) is 9.14. The van der Waals surface area contributed by atoms with Gasteiger partial charge in [-0.3, -0.25) is 4.79 Å². The maximum absolute atomic E-state index is 11.8. The van der Waals surface area contributed by atoms with Crippen molar-refractivity contribution >= 4 is 17.3 Å². The van der Waals surface area contributed by atoms with Crippen LogP contribution in [-0.4, -0.2) is 11.6 Å². The van der Waals surface area contributed by atoms with Crippen LogP contribution in [0.1, 0.15) is 26.2 Å². The van der Waals surface area contributed by atoms with Crippen molar-refractivity contribution in [2.75, 3.05) is 0 Å². The number of nitrogens with zero attached hydrogens (tertiary/aromatic N) is 3. The van der Waals surface area contributed by atoms with Gasteiger partial charge in [-0.05, 0) is 18.6 Å². The molecule has 1 aromatic carbocycles.